The standard InChI is InChI=1S/C20H19F3O2S/c1-26(24,25)19-8-7-16(17-10-20(22,23)11-18(17)19)15-4-2-3-12-9-13(21)5-6-14(12)15/h5-9,15H,2-4,10-11H2,1H3. The molecule has 1 atom stereocenters. The first-order valence-electron chi connectivity index (χ1n) is 8.66. The van der Waals surface area contributed by atoms with Crippen LogP contribution in [0.4, 0.5) is 13.2 Å². The van der Waals surface area contributed by atoms with Crippen LogP contribution in [0.2, 0.25) is 0 Å². The van der Waals surface area contributed by atoms with Crippen molar-refractivity contribution in [3.63, 3.8) is 0 Å². The van der Waals surface area contributed by atoms with Crippen molar-refractivity contribution >= 4 is 9.84 Å². The zero-order valence-corrected chi connectivity index (χ0v) is 15.2. The number of aryl methyl sites for hydroxylation is 1. The maximum absolute atomic E-state index is 14.2. The first-order valence-corrected chi connectivity index (χ1v) is 10.6. The lowest BCUT2D eigenvalue weighted by atomic mass is 9.77. The largest absolute Gasteiger partial charge is 0.256 e. The molecule has 0 aromatic heterocycles. The Morgan fingerprint density at radius 3 is 2.46 bits per heavy atom. The molecule has 4 rings (SSSR count). The van der Waals surface area contributed by atoms with E-state index in [4.69, 9.17) is 0 Å². The number of hydrogen-bond donors (Lipinski definition) is 0. The Kier molecular flexibility index (Phi) is 3.95. The molecule has 2 aliphatic carbocycles. The third-order valence-corrected chi connectivity index (χ3v) is 6.67. The summed E-state index contributed by atoms with van der Waals surface area (Å²) in [6.07, 6.45) is 2.48. The number of halogens is 3. The van der Waals surface area contributed by atoms with Crippen molar-refractivity contribution in [1.82, 2.24) is 0 Å². The molecule has 2 aromatic rings. The Bertz CT molecular complexity index is 996. The van der Waals surface area contributed by atoms with Gasteiger partial charge in [-0.2, -0.15) is 0 Å². The molecule has 0 fully saturated rings. The van der Waals surface area contributed by atoms with E-state index in [1.54, 1.807) is 12.1 Å². The van der Waals surface area contributed by atoms with Crippen LogP contribution in [0.3, 0.4) is 0 Å². The van der Waals surface area contributed by atoms with Gasteiger partial charge in [-0.25, -0.2) is 21.6 Å². The van der Waals surface area contributed by atoms with E-state index in [1.807, 2.05) is 0 Å². The highest BCUT2D eigenvalue weighted by Crippen LogP contribution is 2.45. The first-order chi connectivity index (χ1) is 12.2. The molecule has 138 valence electrons. The second kappa shape index (κ2) is 5.84. The molecule has 0 saturated carbocycles. The van der Waals surface area contributed by atoms with E-state index in [0.29, 0.717) is 5.56 Å². The van der Waals surface area contributed by atoms with Crippen molar-refractivity contribution in [2.75, 3.05) is 6.26 Å². The van der Waals surface area contributed by atoms with Gasteiger partial charge in [0.1, 0.15) is 5.82 Å². The van der Waals surface area contributed by atoms with E-state index >= 15 is 0 Å². The molecule has 6 heteroatoms. The third-order valence-electron chi connectivity index (χ3n) is 5.49. The summed E-state index contributed by atoms with van der Waals surface area (Å²) >= 11 is 0. The average Bonchev–Trinajstić information content (AvgIpc) is 2.86. The van der Waals surface area contributed by atoms with Crippen LogP contribution in [0.15, 0.2) is 35.2 Å². The van der Waals surface area contributed by atoms with Crippen LogP contribution in [0.5, 0.6) is 0 Å². The smallest absolute Gasteiger partial charge is 0.224 e. The fraction of sp³-hybridized carbons (Fsp3) is 0.400. The van der Waals surface area contributed by atoms with Crippen LogP contribution in [-0.4, -0.2) is 20.6 Å². The summed E-state index contributed by atoms with van der Waals surface area (Å²) in [7, 11) is -3.57. The maximum atomic E-state index is 14.2. The van der Waals surface area contributed by atoms with Crippen LogP contribution >= 0.6 is 0 Å². The fourth-order valence-corrected chi connectivity index (χ4v) is 5.41. The Hall–Kier alpha value is -1.82. The molecule has 2 nitrogen and oxygen atoms in total. The zero-order chi connectivity index (χ0) is 18.7. The number of sulfone groups is 1. The van der Waals surface area contributed by atoms with E-state index in [9.17, 15) is 21.6 Å². The molecule has 0 heterocycles. The Morgan fingerprint density at radius 1 is 1.04 bits per heavy atom. The number of alkyl halides is 2. The van der Waals surface area contributed by atoms with Gasteiger partial charge in [0.25, 0.3) is 5.92 Å². The summed E-state index contributed by atoms with van der Waals surface area (Å²) in [6, 6.07) is 7.79. The van der Waals surface area contributed by atoms with E-state index in [1.165, 1.54) is 18.2 Å². The second-order valence-corrected chi connectivity index (χ2v) is 9.36. The highest BCUT2D eigenvalue weighted by Gasteiger charge is 2.42. The predicted octanol–water partition coefficient (Wildman–Crippen LogP) is 4.43. The zero-order valence-electron chi connectivity index (χ0n) is 14.4. The van der Waals surface area contributed by atoms with Gasteiger partial charge >= 0.3 is 0 Å². The van der Waals surface area contributed by atoms with E-state index in [0.717, 1.165) is 42.2 Å². The molecule has 0 radical (unpaired) electrons. The Morgan fingerprint density at radius 2 is 1.73 bits per heavy atom. The number of rotatable bonds is 2. The highest BCUT2D eigenvalue weighted by atomic mass is 32.2. The molecule has 0 bridgehead atoms. The van der Waals surface area contributed by atoms with Crippen LogP contribution in [0, 0.1) is 5.82 Å². The minimum absolute atomic E-state index is 0.00330. The van der Waals surface area contributed by atoms with Gasteiger partial charge in [-0.05, 0) is 65.3 Å². The summed E-state index contributed by atoms with van der Waals surface area (Å²) < 4.78 is 66.0. The molecule has 0 saturated heterocycles. The Balaban J connectivity index is 1.90. The van der Waals surface area contributed by atoms with Crippen LogP contribution < -0.4 is 0 Å². The minimum atomic E-state index is -3.57. The quantitative estimate of drug-likeness (QED) is 0.772. The van der Waals surface area contributed by atoms with Crippen molar-refractivity contribution in [3.05, 3.63) is 64.0 Å². The minimum Gasteiger partial charge on any atom is -0.224 e. The van der Waals surface area contributed by atoms with E-state index in [2.05, 4.69) is 0 Å². The third kappa shape index (κ3) is 2.94. The lowest BCUT2D eigenvalue weighted by Crippen LogP contribution is -2.16. The van der Waals surface area contributed by atoms with Crippen LogP contribution in [0.25, 0.3) is 0 Å². The number of fused-ring (bicyclic) bond motifs is 2. The van der Waals surface area contributed by atoms with E-state index < -0.39 is 28.6 Å². The molecule has 0 amide bonds. The summed E-state index contributed by atoms with van der Waals surface area (Å²) in [5.41, 5.74) is 3.34. The van der Waals surface area contributed by atoms with Crippen LogP contribution in [0.1, 0.15) is 46.6 Å². The van der Waals surface area contributed by atoms with E-state index in [-0.39, 0.29) is 22.2 Å². The fourth-order valence-electron chi connectivity index (χ4n) is 4.45. The molecule has 0 spiro atoms. The molecular formula is C20H19F3O2S. The van der Waals surface area contributed by atoms with Crippen LogP contribution in [-0.2, 0) is 29.1 Å². The van der Waals surface area contributed by atoms with Crippen molar-refractivity contribution < 1.29 is 21.6 Å². The molecule has 0 N–H and O–H groups in total. The van der Waals surface area contributed by atoms with Gasteiger partial charge in [0, 0.05) is 25.0 Å². The topological polar surface area (TPSA) is 34.1 Å². The summed E-state index contributed by atoms with van der Waals surface area (Å²) in [5, 5.41) is 0. The van der Waals surface area contributed by atoms with Gasteiger partial charge in [-0.1, -0.05) is 12.1 Å². The summed E-state index contributed by atoms with van der Waals surface area (Å²) in [4.78, 5) is 0.00330. The lowest BCUT2D eigenvalue weighted by molar-refractivity contribution is 0.0126. The summed E-state index contributed by atoms with van der Waals surface area (Å²) in [6.45, 7) is 0. The van der Waals surface area contributed by atoms with Gasteiger partial charge in [-0.3, -0.25) is 0 Å². The van der Waals surface area contributed by atoms with Crippen molar-refractivity contribution in [2.24, 2.45) is 0 Å². The molecule has 2 aliphatic rings. The molecule has 0 aliphatic heterocycles. The predicted molar refractivity (Wildman–Crippen MR) is 93.1 cm³/mol. The maximum Gasteiger partial charge on any atom is 0.256 e. The molecular weight excluding hydrogens is 361 g/mol. The Labute approximate surface area is 151 Å². The first kappa shape index (κ1) is 17.6. The molecule has 1 unspecified atom stereocenters. The second-order valence-electron chi connectivity index (χ2n) is 7.38. The van der Waals surface area contributed by atoms with Crippen molar-refractivity contribution in [3.8, 4) is 0 Å². The number of hydrogen-bond acceptors (Lipinski definition) is 2. The van der Waals surface area contributed by atoms with Gasteiger partial charge in [0.2, 0.25) is 0 Å². The van der Waals surface area contributed by atoms with Gasteiger partial charge in [0.05, 0.1) is 4.90 Å². The average molecular weight is 380 g/mol. The molecule has 2 aromatic carbocycles. The normalized spacial score (nSPS) is 21.3. The summed E-state index contributed by atoms with van der Waals surface area (Å²) in [5.74, 6) is -3.33. The SMILES string of the molecule is CS(=O)(=O)c1ccc(C2CCCc3cc(F)ccc32)c2c1CC(F)(F)C2. The van der Waals surface area contributed by atoms with Crippen molar-refractivity contribution in [2.45, 2.75) is 48.8 Å². The van der Waals surface area contributed by atoms with Gasteiger partial charge in [-0.15, -0.1) is 0 Å². The molecule has 26 heavy (non-hydrogen) atoms. The highest BCUT2D eigenvalue weighted by molar-refractivity contribution is 7.90. The van der Waals surface area contributed by atoms with Gasteiger partial charge < -0.3 is 0 Å². The monoisotopic (exact) mass is 380 g/mol. The number of benzene rings is 2. The van der Waals surface area contributed by atoms with Crippen molar-refractivity contribution in [1.29, 1.82) is 0 Å². The lowest BCUT2D eigenvalue weighted by Gasteiger charge is -2.28. The van der Waals surface area contributed by atoms with Gasteiger partial charge in [0.15, 0.2) is 9.84 Å².